The fourth-order valence-corrected chi connectivity index (χ4v) is 6.94. The lowest BCUT2D eigenvalue weighted by Gasteiger charge is -2.55. The molecule has 2 aromatic rings. The van der Waals surface area contributed by atoms with Crippen LogP contribution in [0.15, 0.2) is 35.7 Å². The van der Waals surface area contributed by atoms with E-state index in [0.717, 1.165) is 19.3 Å². The Morgan fingerprint density at radius 2 is 1.74 bits per heavy atom. The highest BCUT2D eigenvalue weighted by Gasteiger charge is 2.54. The summed E-state index contributed by atoms with van der Waals surface area (Å²) >= 11 is 7.51. The van der Waals surface area contributed by atoms with E-state index in [1.165, 1.54) is 36.7 Å². The zero-order valence-electron chi connectivity index (χ0n) is 17.1. The number of anilines is 1. The maximum absolute atomic E-state index is 13.1. The number of halogens is 1. The summed E-state index contributed by atoms with van der Waals surface area (Å²) in [5, 5.41) is 4.86. The Kier molecular flexibility index (Phi) is 5.39. The van der Waals surface area contributed by atoms with Crippen LogP contribution in [0.4, 0.5) is 5.69 Å². The molecule has 0 atom stereocenters. The van der Waals surface area contributed by atoms with Crippen LogP contribution in [0.1, 0.15) is 58.6 Å². The number of carbonyl (C=O) groups excluding carboxylic acids is 3. The molecule has 4 saturated carbocycles. The van der Waals surface area contributed by atoms with Gasteiger partial charge in [0, 0.05) is 5.41 Å². The van der Waals surface area contributed by atoms with E-state index in [4.69, 9.17) is 16.3 Å². The Bertz CT molecular complexity index is 997. The van der Waals surface area contributed by atoms with Gasteiger partial charge in [-0.05, 0) is 85.9 Å². The quantitative estimate of drug-likeness (QED) is 0.573. The third-order valence-corrected chi connectivity index (χ3v) is 8.36. The minimum absolute atomic E-state index is 0.0696. The molecule has 0 spiro atoms. The van der Waals surface area contributed by atoms with E-state index < -0.39 is 5.97 Å². The Balaban J connectivity index is 1.24. The second-order valence-electron chi connectivity index (χ2n) is 9.32. The molecule has 1 aromatic carbocycles. The highest BCUT2D eigenvalue weighted by atomic mass is 35.5. The van der Waals surface area contributed by atoms with Gasteiger partial charge in [-0.3, -0.25) is 9.59 Å². The van der Waals surface area contributed by atoms with Crippen LogP contribution in [-0.4, -0.2) is 24.3 Å². The van der Waals surface area contributed by atoms with Crippen LogP contribution in [0, 0.1) is 23.2 Å². The van der Waals surface area contributed by atoms with Crippen LogP contribution in [0.2, 0.25) is 5.02 Å². The summed E-state index contributed by atoms with van der Waals surface area (Å²) in [5.41, 5.74) is 0.306. The summed E-state index contributed by atoms with van der Waals surface area (Å²) < 4.78 is 5.41. The zero-order valence-corrected chi connectivity index (χ0v) is 18.6. The Hall–Kier alpha value is -2.18. The largest absolute Gasteiger partial charge is 0.454 e. The highest BCUT2D eigenvalue weighted by molar-refractivity contribution is 7.12. The fourth-order valence-electron chi connectivity index (χ4n) is 6.16. The number of hydrogen-bond donors (Lipinski definition) is 1. The van der Waals surface area contributed by atoms with Gasteiger partial charge in [0.15, 0.2) is 12.4 Å². The van der Waals surface area contributed by atoms with Crippen LogP contribution in [0.25, 0.3) is 0 Å². The molecule has 4 fully saturated rings. The van der Waals surface area contributed by atoms with Crippen molar-refractivity contribution in [1.29, 1.82) is 0 Å². The number of esters is 1. The number of nitrogens with one attached hydrogen (secondary N) is 1. The zero-order chi connectivity index (χ0) is 21.6. The third kappa shape index (κ3) is 4.03. The lowest BCUT2D eigenvalue weighted by atomic mass is 9.48. The average molecular weight is 458 g/mol. The molecule has 162 valence electrons. The summed E-state index contributed by atoms with van der Waals surface area (Å²) in [6.45, 7) is -0.190. The van der Waals surface area contributed by atoms with Crippen LogP contribution in [0.5, 0.6) is 0 Å². The van der Waals surface area contributed by atoms with Gasteiger partial charge in [0.2, 0.25) is 0 Å². The van der Waals surface area contributed by atoms with Crippen molar-refractivity contribution in [2.24, 2.45) is 23.2 Å². The van der Waals surface area contributed by atoms with Crippen LogP contribution >= 0.6 is 22.9 Å². The first-order chi connectivity index (χ1) is 14.9. The van der Waals surface area contributed by atoms with Gasteiger partial charge in [0.05, 0.1) is 21.2 Å². The van der Waals surface area contributed by atoms with Gasteiger partial charge in [-0.1, -0.05) is 17.7 Å². The molecule has 5 nitrogen and oxygen atoms in total. The molecule has 31 heavy (non-hydrogen) atoms. The molecule has 4 bridgehead atoms. The van der Waals surface area contributed by atoms with E-state index in [1.54, 1.807) is 24.3 Å². The van der Waals surface area contributed by atoms with E-state index in [9.17, 15) is 14.4 Å². The lowest BCUT2D eigenvalue weighted by Crippen LogP contribution is -2.51. The number of thiophene rings is 1. The SMILES string of the molecule is O=C(OCC(=O)C12CC3CC(CC(C3)C1)C2)c1ccc(Cl)c(NC(=O)c2cccs2)c1. The van der Waals surface area contributed by atoms with Crippen molar-refractivity contribution in [2.45, 2.75) is 38.5 Å². The Morgan fingerprint density at radius 1 is 1.06 bits per heavy atom. The summed E-state index contributed by atoms with van der Waals surface area (Å²) in [7, 11) is 0. The van der Waals surface area contributed by atoms with Crippen molar-refractivity contribution in [3.63, 3.8) is 0 Å². The molecule has 0 radical (unpaired) electrons. The van der Waals surface area contributed by atoms with Gasteiger partial charge in [0.1, 0.15) is 0 Å². The molecule has 4 aliphatic carbocycles. The first kappa shape index (κ1) is 20.7. The second-order valence-corrected chi connectivity index (χ2v) is 10.7. The van der Waals surface area contributed by atoms with Crippen molar-refractivity contribution in [1.82, 2.24) is 0 Å². The predicted molar refractivity (Wildman–Crippen MR) is 120 cm³/mol. The van der Waals surface area contributed by atoms with Crippen molar-refractivity contribution in [2.75, 3.05) is 11.9 Å². The molecule has 1 heterocycles. The molecule has 0 saturated heterocycles. The smallest absolute Gasteiger partial charge is 0.338 e. The van der Waals surface area contributed by atoms with Gasteiger partial charge in [-0.2, -0.15) is 0 Å². The van der Waals surface area contributed by atoms with Crippen LogP contribution < -0.4 is 5.32 Å². The van der Waals surface area contributed by atoms with Crippen molar-refractivity contribution < 1.29 is 19.1 Å². The minimum Gasteiger partial charge on any atom is -0.454 e. The van der Waals surface area contributed by atoms with E-state index in [1.807, 2.05) is 5.38 Å². The van der Waals surface area contributed by atoms with E-state index in [2.05, 4.69) is 5.32 Å². The highest BCUT2D eigenvalue weighted by Crippen LogP contribution is 2.60. The minimum atomic E-state index is -0.582. The number of hydrogen-bond acceptors (Lipinski definition) is 5. The molecule has 4 aliphatic rings. The second kappa shape index (κ2) is 8.06. The molecule has 1 N–H and O–H groups in total. The van der Waals surface area contributed by atoms with Crippen molar-refractivity contribution >= 4 is 46.3 Å². The van der Waals surface area contributed by atoms with Gasteiger partial charge >= 0.3 is 5.97 Å². The maximum atomic E-state index is 13.1. The van der Waals surface area contributed by atoms with Gasteiger partial charge in [-0.25, -0.2) is 4.79 Å². The Labute approximate surface area is 190 Å². The summed E-state index contributed by atoms with van der Waals surface area (Å²) in [5.74, 6) is 1.19. The maximum Gasteiger partial charge on any atom is 0.338 e. The van der Waals surface area contributed by atoms with Crippen molar-refractivity contribution in [3.05, 3.63) is 51.2 Å². The predicted octanol–water partition coefficient (Wildman–Crippen LogP) is 5.60. The van der Waals surface area contributed by atoms with Gasteiger partial charge < -0.3 is 10.1 Å². The molecule has 6 rings (SSSR count). The van der Waals surface area contributed by atoms with Gasteiger partial charge in [-0.15, -0.1) is 11.3 Å². The van der Waals surface area contributed by atoms with E-state index >= 15 is 0 Å². The number of benzene rings is 1. The molecule has 1 amide bonds. The average Bonchev–Trinajstić information content (AvgIpc) is 3.27. The molecule has 0 unspecified atom stereocenters. The molecular formula is C24H24ClNO4S. The van der Waals surface area contributed by atoms with Crippen LogP contribution in [0.3, 0.4) is 0 Å². The monoisotopic (exact) mass is 457 g/mol. The van der Waals surface area contributed by atoms with Crippen LogP contribution in [-0.2, 0) is 9.53 Å². The third-order valence-electron chi connectivity index (χ3n) is 7.16. The topological polar surface area (TPSA) is 72.5 Å². The molecule has 7 heteroatoms. The van der Waals surface area contributed by atoms with Gasteiger partial charge in [0.25, 0.3) is 5.91 Å². The summed E-state index contributed by atoms with van der Waals surface area (Å²) in [4.78, 5) is 38.6. The number of ketones is 1. The normalized spacial score (nSPS) is 28.4. The summed E-state index contributed by atoms with van der Waals surface area (Å²) in [6, 6.07) is 8.08. The van der Waals surface area contributed by atoms with E-state index in [0.29, 0.717) is 33.3 Å². The number of Topliss-reactive ketones (excluding diaryl/α,β-unsaturated/α-hetero) is 1. The molecular weight excluding hydrogens is 434 g/mol. The standard InChI is InChI=1S/C24H24ClNO4S/c25-18-4-3-17(9-19(18)26-22(28)20-2-1-5-31-20)23(29)30-13-21(27)24-10-14-6-15(11-24)8-16(7-14)12-24/h1-5,9,14-16H,6-8,10-13H2,(H,26,28). The first-order valence-corrected chi connectivity index (χ1v) is 12.0. The lowest BCUT2D eigenvalue weighted by molar-refractivity contribution is -0.147. The summed E-state index contributed by atoms with van der Waals surface area (Å²) in [6.07, 6.45) is 6.64. The number of rotatable bonds is 6. The Morgan fingerprint density at radius 3 is 2.35 bits per heavy atom. The van der Waals surface area contributed by atoms with E-state index in [-0.39, 0.29) is 29.3 Å². The number of amides is 1. The fraction of sp³-hybridized carbons (Fsp3) is 0.458. The first-order valence-electron chi connectivity index (χ1n) is 10.8. The van der Waals surface area contributed by atoms with Crippen molar-refractivity contribution in [3.8, 4) is 0 Å². The number of carbonyl (C=O) groups is 3. The number of ether oxygens (including phenoxy) is 1. The molecule has 0 aliphatic heterocycles. The molecule has 1 aromatic heterocycles.